The fourth-order valence-corrected chi connectivity index (χ4v) is 3.05. The van der Waals surface area contributed by atoms with Gasteiger partial charge in [-0.05, 0) is 45.0 Å². The van der Waals surface area contributed by atoms with Crippen molar-refractivity contribution in [3.63, 3.8) is 0 Å². The molecule has 1 aromatic heterocycles. The van der Waals surface area contributed by atoms with Crippen LogP contribution in [-0.2, 0) is 13.0 Å². The van der Waals surface area contributed by atoms with Crippen molar-refractivity contribution >= 4 is 22.9 Å². The van der Waals surface area contributed by atoms with Gasteiger partial charge in [0.25, 0.3) is 0 Å². The SMILES string of the molecule is Cc1nc(CN(C)C(C)(CN)Cc2ccc(Cl)cc2)cs1. The van der Waals surface area contributed by atoms with E-state index in [9.17, 15) is 0 Å². The minimum absolute atomic E-state index is 0.106. The highest BCUT2D eigenvalue weighted by Gasteiger charge is 2.28. The minimum atomic E-state index is -0.106. The van der Waals surface area contributed by atoms with Gasteiger partial charge in [0.05, 0.1) is 10.7 Å². The Labute approximate surface area is 135 Å². The molecule has 1 aromatic carbocycles. The zero-order chi connectivity index (χ0) is 15.5. The molecule has 1 unspecified atom stereocenters. The topological polar surface area (TPSA) is 42.2 Å². The average molecular weight is 324 g/mol. The normalized spacial score (nSPS) is 14.4. The fourth-order valence-electron chi connectivity index (χ4n) is 2.32. The number of hydrogen-bond donors (Lipinski definition) is 1. The lowest BCUT2D eigenvalue weighted by Crippen LogP contribution is -2.51. The van der Waals surface area contributed by atoms with Crippen molar-refractivity contribution in [1.82, 2.24) is 9.88 Å². The third kappa shape index (κ3) is 4.27. The first-order valence-electron chi connectivity index (χ1n) is 7.00. The second-order valence-corrected chi connectivity index (χ2v) is 7.22. The molecule has 0 aliphatic carbocycles. The second-order valence-electron chi connectivity index (χ2n) is 5.72. The molecule has 114 valence electrons. The van der Waals surface area contributed by atoms with Crippen LogP contribution in [0, 0.1) is 6.92 Å². The molecule has 2 rings (SSSR count). The quantitative estimate of drug-likeness (QED) is 0.884. The Bertz CT molecular complexity index is 581. The smallest absolute Gasteiger partial charge is 0.0897 e. The van der Waals surface area contributed by atoms with Crippen molar-refractivity contribution in [2.45, 2.75) is 32.4 Å². The molecule has 0 spiro atoms. The first-order valence-corrected chi connectivity index (χ1v) is 8.25. The van der Waals surface area contributed by atoms with Gasteiger partial charge in [0.2, 0.25) is 0 Å². The predicted octanol–water partition coefficient (Wildman–Crippen LogP) is 3.50. The van der Waals surface area contributed by atoms with Gasteiger partial charge in [-0.1, -0.05) is 23.7 Å². The summed E-state index contributed by atoms with van der Waals surface area (Å²) in [6.45, 7) is 5.63. The fraction of sp³-hybridized carbons (Fsp3) is 0.438. The van der Waals surface area contributed by atoms with Gasteiger partial charge in [-0.15, -0.1) is 11.3 Å². The Balaban J connectivity index is 2.09. The van der Waals surface area contributed by atoms with E-state index in [-0.39, 0.29) is 5.54 Å². The highest BCUT2D eigenvalue weighted by Crippen LogP contribution is 2.22. The van der Waals surface area contributed by atoms with Gasteiger partial charge in [0, 0.05) is 29.0 Å². The van der Waals surface area contributed by atoms with Crippen molar-refractivity contribution in [3.05, 3.63) is 50.9 Å². The van der Waals surface area contributed by atoms with E-state index >= 15 is 0 Å². The van der Waals surface area contributed by atoms with Crippen LogP contribution in [-0.4, -0.2) is 29.0 Å². The number of nitrogens with zero attached hydrogens (tertiary/aromatic N) is 2. The summed E-state index contributed by atoms with van der Waals surface area (Å²) in [6.07, 6.45) is 0.889. The van der Waals surface area contributed by atoms with E-state index in [0.717, 1.165) is 28.7 Å². The van der Waals surface area contributed by atoms with Crippen LogP contribution in [0.5, 0.6) is 0 Å². The number of hydrogen-bond acceptors (Lipinski definition) is 4. The first kappa shape index (κ1) is 16.4. The number of likely N-dealkylation sites (N-methyl/N-ethyl adjacent to an activating group) is 1. The molecular weight excluding hydrogens is 302 g/mol. The number of aryl methyl sites for hydroxylation is 1. The van der Waals surface area contributed by atoms with Crippen LogP contribution in [0.4, 0.5) is 0 Å². The van der Waals surface area contributed by atoms with E-state index in [2.05, 4.69) is 41.4 Å². The van der Waals surface area contributed by atoms with Gasteiger partial charge in [-0.25, -0.2) is 4.98 Å². The Morgan fingerprint density at radius 1 is 1.33 bits per heavy atom. The van der Waals surface area contributed by atoms with Crippen LogP contribution in [0.2, 0.25) is 5.02 Å². The van der Waals surface area contributed by atoms with Gasteiger partial charge in [0.1, 0.15) is 0 Å². The summed E-state index contributed by atoms with van der Waals surface area (Å²) >= 11 is 7.63. The molecule has 0 saturated heterocycles. The molecule has 2 aromatic rings. The van der Waals surface area contributed by atoms with Crippen molar-refractivity contribution in [3.8, 4) is 0 Å². The molecule has 1 atom stereocenters. The second kappa shape index (κ2) is 6.88. The van der Waals surface area contributed by atoms with Crippen LogP contribution in [0.1, 0.15) is 23.2 Å². The number of thiazole rings is 1. The number of halogens is 1. The summed E-state index contributed by atoms with van der Waals surface area (Å²) in [4.78, 5) is 6.82. The van der Waals surface area contributed by atoms with E-state index < -0.39 is 0 Å². The molecule has 0 aliphatic heterocycles. The van der Waals surface area contributed by atoms with Crippen LogP contribution in [0.25, 0.3) is 0 Å². The standard InChI is InChI=1S/C16H22ClN3S/c1-12-19-15(10-21-12)9-20(3)16(2,11-18)8-13-4-6-14(17)7-5-13/h4-7,10H,8-9,11,18H2,1-3H3. The van der Waals surface area contributed by atoms with E-state index in [1.807, 2.05) is 19.1 Å². The van der Waals surface area contributed by atoms with Gasteiger partial charge in [0.15, 0.2) is 0 Å². The molecule has 0 fully saturated rings. The Morgan fingerprint density at radius 2 is 2.00 bits per heavy atom. The molecule has 0 bridgehead atoms. The molecule has 0 radical (unpaired) electrons. The van der Waals surface area contributed by atoms with Crippen LogP contribution in [0.3, 0.4) is 0 Å². The highest BCUT2D eigenvalue weighted by molar-refractivity contribution is 7.09. The number of aromatic nitrogens is 1. The number of nitrogens with two attached hydrogens (primary N) is 1. The molecule has 21 heavy (non-hydrogen) atoms. The Kier molecular flexibility index (Phi) is 5.38. The number of rotatable bonds is 6. The van der Waals surface area contributed by atoms with E-state index in [1.165, 1.54) is 5.56 Å². The maximum Gasteiger partial charge on any atom is 0.0897 e. The van der Waals surface area contributed by atoms with Crippen molar-refractivity contribution in [2.24, 2.45) is 5.73 Å². The molecule has 3 nitrogen and oxygen atoms in total. The maximum atomic E-state index is 6.06. The van der Waals surface area contributed by atoms with Crippen molar-refractivity contribution < 1.29 is 0 Å². The lowest BCUT2D eigenvalue weighted by Gasteiger charge is -2.38. The average Bonchev–Trinajstić information content (AvgIpc) is 2.86. The van der Waals surface area contributed by atoms with E-state index in [0.29, 0.717) is 6.54 Å². The Morgan fingerprint density at radius 3 is 2.52 bits per heavy atom. The van der Waals surface area contributed by atoms with Gasteiger partial charge in [-0.2, -0.15) is 0 Å². The molecule has 1 heterocycles. The lowest BCUT2D eigenvalue weighted by molar-refractivity contribution is 0.134. The van der Waals surface area contributed by atoms with Crippen molar-refractivity contribution in [1.29, 1.82) is 0 Å². The molecule has 0 amide bonds. The monoisotopic (exact) mass is 323 g/mol. The molecule has 2 N–H and O–H groups in total. The van der Waals surface area contributed by atoms with Crippen LogP contribution < -0.4 is 5.73 Å². The van der Waals surface area contributed by atoms with Gasteiger partial charge < -0.3 is 5.73 Å². The third-order valence-electron chi connectivity index (χ3n) is 3.93. The largest absolute Gasteiger partial charge is 0.329 e. The molecule has 0 saturated carbocycles. The van der Waals surface area contributed by atoms with Crippen LogP contribution >= 0.6 is 22.9 Å². The summed E-state index contributed by atoms with van der Waals surface area (Å²) in [5.41, 5.74) is 8.30. The summed E-state index contributed by atoms with van der Waals surface area (Å²) < 4.78 is 0. The minimum Gasteiger partial charge on any atom is -0.329 e. The van der Waals surface area contributed by atoms with Crippen LogP contribution in [0.15, 0.2) is 29.6 Å². The first-order chi connectivity index (χ1) is 9.93. The van der Waals surface area contributed by atoms with Gasteiger partial charge >= 0.3 is 0 Å². The molecular formula is C16H22ClN3S. The molecule has 0 aliphatic rings. The maximum absolute atomic E-state index is 6.06. The number of benzene rings is 1. The predicted molar refractivity (Wildman–Crippen MR) is 90.9 cm³/mol. The third-order valence-corrected chi connectivity index (χ3v) is 5.00. The van der Waals surface area contributed by atoms with Crippen molar-refractivity contribution in [2.75, 3.05) is 13.6 Å². The summed E-state index contributed by atoms with van der Waals surface area (Å²) in [5, 5.41) is 3.98. The summed E-state index contributed by atoms with van der Waals surface area (Å²) in [5.74, 6) is 0. The Hall–Kier alpha value is -0.940. The van der Waals surface area contributed by atoms with Gasteiger partial charge in [-0.3, -0.25) is 4.90 Å². The highest BCUT2D eigenvalue weighted by atomic mass is 35.5. The zero-order valence-electron chi connectivity index (χ0n) is 12.8. The van der Waals surface area contributed by atoms with E-state index in [1.54, 1.807) is 11.3 Å². The zero-order valence-corrected chi connectivity index (χ0v) is 14.3. The lowest BCUT2D eigenvalue weighted by atomic mass is 9.91. The molecule has 5 heteroatoms. The summed E-state index contributed by atoms with van der Waals surface area (Å²) in [7, 11) is 2.11. The summed E-state index contributed by atoms with van der Waals surface area (Å²) in [6, 6.07) is 7.99. The van der Waals surface area contributed by atoms with E-state index in [4.69, 9.17) is 17.3 Å².